The molecule has 9 nitrogen and oxygen atoms in total. The Morgan fingerprint density at radius 3 is 2.55 bits per heavy atom. The van der Waals surface area contributed by atoms with Crippen LogP contribution in [0.2, 0.25) is 0 Å². The Morgan fingerprint density at radius 1 is 1.10 bits per heavy atom. The van der Waals surface area contributed by atoms with E-state index in [0.717, 1.165) is 48.3 Å². The third kappa shape index (κ3) is 5.15. The van der Waals surface area contributed by atoms with Crippen LogP contribution >= 0.6 is 0 Å². The van der Waals surface area contributed by atoms with Crippen LogP contribution in [-0.2, 0) is 10.2 Å². The summed E-state index contributed by atoms with van der Waals surface area (Å²) in [5.74, 6) is -4.03. The topological polar surface area (TPSA) is 110 Å². The van der Waals surface area contributed by atoms with Gasteiger partial charge in [0.2, 0.25) is 5.78 Å². The molecule has 3 heterocycles. The van der Waals surface area contributed by atoms with E-state index in [1.165, 1.54) is 31.6 Å². The van der Waals surface area contributed by atoms with E-state index in [9.17, 15) is 17.6 Å². The lowest BCUT2D eigenvalue weighted by Crippen LogP contribution is -2.43. The van der Waals surface area contributed by atoms with Crippen molar-refractivity contribution in [3.05, 3.63) is 77.4 Å². The number of hydrogen-bond donors (Lipinski definition) is 3. The van der Waals surface area contributed by atoms with Crippen molar-refractivity contribution in [3.63, 3.8) is 0 Å². The molecule has 40 heavy (non-hydrogen) atoms. The van der Waals surface area contributed by atoms with E-state index in [1.54, 1.807) is 13.0 Å². The van der Waals surface area contributed by atoms with Crippen LogP contribution < -0.4 is 14.9 Å². The Bertz CT molecular complexity index is 1700. The third-order valence-electron chi connectivity index (χ3n) is 6.93. The zero-order valence-electron chi connectivity index (χ0n) is 21.8. The minimum absolute atomic E-state index is 0.105. The summed E-state index contributed by atoms with van der Waals surface area (Å²) in [7, 11) is -2.84. The van der Waals surface area contributed by atoms with Gasteiger partial charge in [-0.2, -0.15) is 12.7 Å². The number of benzene rings is 2. The van der Waals surface area contributed by atoms with Crippen LogP contribution in [0.3, 0.4) is 0 Å². The fraction of sp³-hybridized carbons (Fsp3) is 0.259. The van der Waals surface area contributed by atoms with Gasteiger partial charge in [0.1, 0.15) is 17.3 Å². The fourth-order valence-corrected chi connectivity index (χ4v) is 5.49. The number of ketones is 1. The monoisotopic (exact) mass is 572 g/mol. The number of rotatable bonds is 8. The quantitative estimate of drug-likeness (QED) is 0.277. The average molecular weight is 573 g/mol. The zero-order chi connectivity index (χ0) is 28.6. The van der Waals surface area contributed by atoms with Crippen molar-refractivity contribution in [1.82, 2.24) is 19.6 Å². The molecule has 0 atom stereocenters. The third-order valence-corrected chi connectivity index (χ3v) is 8.49. The molecule has 0 amide bonds. The van der Waals surface area contributed by atoms with Crippen LogP contribution in [0.25, 0.3) is 22.2 Å². The van der Waals surface area contributed by atoms with Gasteiger partial charge in [0, 0.05) is 79.9 Å². The summed E-state index contributed by atoms with van der Waals surface area (Å²) >= 11 is 0. The van der Waals surface area contributed by atoms with Crippen LogP contribution in [0.5, 0.6) is 0 Å². The molecule has 1 saturated heterocycles. The van der Waals surface area contributed by atoms with Crippen LogP contribution in [0.4, 0.5) is 24.5 Å². The summed E-state index contributed by atoms with van der Waals surface area (Å²) in [6.45, 7) is 4.81. The van der Waals surface area contributed by atoms with Crippen molar-refractivity contribution >= 4 is 38.4 Å². The minimum Gasteiger partial charge on any atom is -0.369 e. The number of aromatic amines is 1. The molecule has 210 valence electrons. The number of anilines is 2. The lowest BCUT2D eigenvalue weighted by atomic mass is 9.99. The molecule has 13 heteroatoms. The van der Waals surface area contributed by atoms with E-state index in [4.69, 9.17) is 0 Å². The lowest BCUT2D eigenvalue weighted by Gasteiger charge is -2.29. The number of halogens is 3. The maximum absolute atomic E-state index is 15.4. The number of carbonyl (C=O) groups excluding carboxylic acids is 1. The molecule has 5 rings (SSSR count). The molecule has 4 aromatic rings. The standard InChI is InChI=1S/C27H27F3N6O3S/c1-3-35(2)40(38,39)34-23-7-6-21(28)24(25(23)30)26(37)20-15-33-27-19(20)12-16(14-32-27)18-5-4-17(13-22(18)29)36-10-8-31-9-11-36/h4-7,12-15,31,34H,3,8-11H2,1-2H3,(H,32,33). The van der Waals surface area contributed by atoms with E-state index in [1.807, 2.05) is 10.8 Å². The number of hydrogen-bond acceptors (Lipinski definition) is 6. The van der Waals surface area contributed by atoms with E-state index < -0.39 is 44.7 Å². The number of pyridine rings is 1. The molecule has 3 N–H and O–H groups in total. The van der Waals surface area contributed by atoms with Gasteiger partial charge in [-0.05, 0) is 36.4 Å². The normalized spacial score (nSPS) is 14.2. The number of nitrogens with one attached hydrogen (secondary N) is 3. The molecule has 0 aliphatic carbocycles. The molecule has 2 aromatic carbocycles. The molecule has 1 fully saturated rings. The Labute approximate surface area is 229 Å². The first-order chi connectivity index (χ1) is 19.1. The Balaban J connectivity index is 1.51. The zero-order valence-corrected chi connectivity index (χ0v) is 22.6. The van der Waals surface area contributed by atoms with Crippen molar-refractivity contribution < 1.29 is 26.4 Å². The highest BCUT2D eigenvalue weighted by Crippen LogP contribution is 2.32. The predicted octanol–water partition coefficient (Wildman–Crippen LogP) is 3.90. The van der Waals surface area contributed by atoms with Gasteiger partial charge in [0.25, 0.3) is 0 Å². The molecule has 1 aliphatic rings. The van der Waals surface area contributed by atoms with Crippen molar-refractivity contribution in [2.45, 2.75) is 6.92 Å². The molecule has 0 unspecified atom stereocenters. The average Bonchev–Trinajstić information content (AvgIpc) is 3.38. The molecular weight excluding hydrogens is 545 g/mol. The molecule has 0 saturated carbocycles. The van der Waals surface area contributed by atoms with Crippen molar-refractivity contribution in [2.24, 2.45) is 0 Å². The number of fused-ring (bicyclic) bond motifs is 1. The van der Waals surface area contributed by atoms with E-state index in [2.05, 4.69) is 20.2 Å². The maximum atomic E-state index is 15.4. The number of carbonyl (C=O) groups is 1. The molecular formula is C27H27F3N6O3S. The SMILES string of the molecule is CCN(C)S(=O)(=O)Nc1ccc(F)c(C(=O)c2c[nH]c3ncc(-c4ccc(N5CCNCC5)cc4F)cc23)c1F. The van der Waals surface area contributed by atoms with Gasteiger partial charge in [-0.1, -0.05) is 6.92 Å². The van der Waals surface area contributed by atoms with Gasteiger partial charge >= 0.3 is 10.2 Å². The highest BCUT2D eigenvalue weighted by molar-refractivity contribution is 7.90. The molecule has 0 spiro atoms. The minimum atomic E-state index is -4.13. The second-order valence-electron chi connectivity index (χ2n) is 9.36. The second kappa shape index (κ2) is 10.9. The highest BCUT2D eigenvalue weighted by atomic mass is 32.2. The Hall–Kier alpha value is -3.94. The van der Waals surface area contributed by atoms with E-state index >= 15 is 8.78 Å². The van der Waals surface area contributed by atoms with Crippen LogP contribution in [0.15, 0.2) is 48.8 Å². The summed E-state index contributed by atoms with van der Waals surface area (Å²) in [4.78, 5) is 22.5. The summed E-state index contributed by atoms with van der Waals surface area (Å²) in [5, 5.41) is 3.48. The molecule has 0 bridgehead atoms. The number of nitrogens with zero attached hydrogens (tertiary/aromatic N) is 3. The highest BCUT2D eigenvalue weighted by Gasteiger charge is 2.27. The summed E-state index contributed by atoms with van der Waals surface area (Å²) < 4.78 is 73.1. The molecule has 2 aromatic heterocycles. The van der Waals surface area contributed by atoms with Gasteiger partial charge in [-0.15, -0.1) is 0 Å². The summed E-state index contributed by atoms with van der Waals surface area (Å²) in [6, 6.07) is 8.13. The van der Waals surface area contributed by atoms with Gasteiger partial charge < -0.3 is 15.2 Å². The van der Waals surface area contributed by atoms with Gasteiger partial charge in [0.15, 0.2) is 5.82 Å². The smallest absolute Gasteiger partial charge is 0.301 e. The molecule has 1 aliphatic heterocycles. The van der Waals surface area contributed by atoms with Gasteiger partial charge in [-0.3, -0.25) is 9.52 Å². The van der Waals surface area contributed by atoms with E-state index in [-0.39, 0.29) is 28.7 Å². The first-order valence-corrected chi connectivity index (χ1v) is 14.0. The first-order valence-electron chi connectivity index (χ1n) is 12.6. The van der Waals surface area contributed by atoms with Crippen molar-refractivity contribution in [2.75, 3.05) is 49.4 Å². The summed E-state index contributed by atoms with van der Waals surface area (Å²) in [5.41, 5.74) is 0.0172. The largest absolute Gasteiger partial charge is 0.369 e. The van der Waals surface area contributed by atoms with Crippen molar-refractivity contribution in [1.29, 1.82) is 0 Å². The number of H-pyrrole nitrogens is 1. The van der Waals surface area contributed by atoms with E-state index in [0.29, 0.717) is 5.56 Å². The summed E-state index contributed by atoms with van der Waals surface area (Å²) in [6.07, 6.45) is 2.70. The van der Waals surface area contributed by atoms with Crippen molar-refractivity contribution in [3.8, 4) is 11.1 Å². The van der Waals surface area contributed by atoms with Gasteiger partial charge in [0.05, 0.1) is 11.3 Å². The second-order valence-corrected chi connectivity index (χ2v) is 11.1. The predicted molar refractivity (Wildman–Crippen MR) is 147 cm³/mol. The fourth-order valence-electron chi connectivity index (χ4n) is 4.56. The maximum Gasteiger partial charge on any atom is 0.301 e. The van der Waals surface area contributed by atoms with Crippen LogP contribution in [0, 0.1) is 17.5 Å². The number of piperazine rings is 1. The Kier molecular flexibility index (Phi) is 7.53. The van der Waals surface area contributed by atoms with Crippen LogP contribution in [0.1, 0.15) is 22.8 Å². The van der Waals surface area contributed by atoms with Crippen LogP contribution in [-0.4, -0.2) is 68.2 Å². The number of aromatic nitrogens is 2. The van der Waals surface area contributed by atoms with Gasteiger partial charge in [-0.25, -0.2) is 18.2 Å². The lowest BCUT2D eigenvalue weighted by molar-refractivity contribution is 0.103. The molecule has 0 radical (unpaired) electrons. The first kappa shape index (κ1) is 27.6. The Morgan fingerprint density at radius 2 is 1.85 bits per heavy atom.